The van der Waals surface area contributed by atoms with Crippen molar-refractivity contribution in [3.05, 3.63) is 65.3 Å². The van der Waals surface area contributed by atoms with Gasteiger partial charge in [-0.15, -0.1) is 11.3 Å². The number of nitrogens with zero attached hydrogens (tertiary/aromatic N) is 4. The summed E-state index contributed by atoms with van der Waals surface area (Å²) in [6.45, 7) is 7.31. The Morgan fingerprint density at radius 3 is 2.43 bits per heavy atom. The van der Waals surface area contributed by atoms with E-state index in [9.17, 15) is 4.79 Å². The number of amides is 1. The highest BCUT2D eigenvalue weighted by atomic mass is 32.1. The number of hydrogen-bond acceptors (Lipinski definition) is 5. The van der Waals surface area contributed by atoms with Crippen LogP contribution < -0.4 is 4.90 Å². The van der Waals surface area contributed by atoms with Gasteiger partial charge in [0.25, 0.3) is 5.91 Å². The van der Waals surface area contributed by atoms with Crippen LogP contribution >= 0.6 is 11.3 Å². The SMILES string of the molecule is CC(C)c1ccc(-c2nc(C(=O)N3CCN(c4ccccn4)CC3)cs2)cc1. The summed E-state index contributed by atoms with van der Waals surface area (Å²) in [6.07, 6.45) is 1.80. The van der Waals surface area contributed by atoms with Crippen molar-refractivity contribution in [2.45, 2.75) is 19.8 Å². The molecule has 1 saturated heterocycles. The molecule has 5 nitrogen and oxygen atoms in total. The van der Waals surface area contributed by atoms with E-state index in [0.29, 0.717) is 24.7 Å². The van der Waals surface area contributed by atoms with E-state index in [1.807, 2.05) is 28.5 Å². The van der Waals surface area contributed by atoms with Crippen molar-refractivity contribution in [2.24, 2.45) is 0 Å². The zero-order chi connectivity index (χ0) is 19.5. The lowest BCUT2D eigenvalue weighted by atomic mass is 10.0. The van der Waals surface area contributed by atoms with E-state index >= 15 is 0 Å². The van der Waals surface area contributed by atoms with Crippen LogP contribution in [0.3, 0.4) is 0 Å². The Kier molecular flexibility index (Phi) is 5.39. The number of piperazine rings is 1. The molecule has 4 rings (SSSR count). The second kappa shape index (κ2) is 8.10. The highest BCUT2D eigenvalue weighted by molar-refractivity contribution is 7.13. The average Bonchev–Trinajstić information content (AvgIpc) is 3.24. The van der Waals surface area contributed by atoms with Crippen molar-refractivity contribution < 1.29 is 4.79 Å². The molecule has 144 valence electrons. The van der Waals surface area contributed by atoms with Crippen LogP contribution in [0.5, 0.6) is 0 Å². The molecule has 0 saturated carbocycles. The molecule has 0 spiro atoms. The van der Waals surface area contributed by atoms with Gasteiger partial charge in [-0.3, -0.25) is 4.79 Å². The first-order valence-electron chi connectivity index (χ1n) is 9.63. The second-order valence-electron chi connectivity index (χ2n) is 7.28. The van der Waals surface area contributed by atoms with Gasteiger partial charge < -0.3 is 9.80 Å². The van der Waals surface area contributed by atoms with E-state index < -0.39 is 0 Å². The summed E-state index contributed by atoms with van der Waals surface area (Å²) in [7, 11) is 0. The Hall–Kier alpha value is -2.73. The lowest BCUT2D eigenvalue weighted by Gasteiger charge is -2.35. The molecule has 0 N–H and O–H groups in total. The highest BCUT2D eigenvalue weighted by Gasteiger charge is 2.24. The van der Waals surface area contributed by atoms with Gasteiger partial charge in [0.05, 0.1) is 0 Å². The van der Waals surface area contributed by atoms with Crippen LogP contribution in [0.4, 0.5) is 5.82 Å². The third-order valence-electron chi connectivity index (χ3n) is 5.09. The van der Waals surface area contributed by atoms with Gasteiger partial charge in [-0.05, 0) is 23.6 Å². The van der Waals surface area contributed by atoms with E-state index in [-0.39, 0.29) is 5.91 Å². The first-order chi connectivity index (χ1) is 13.6. The number of carbonyl (C=O) groups excluding carboxylic acids is 1. The molecule has 1 amide bonds. The first kappa shape index (κ1) is 18.6. The van der Waals surface area contributed by atoms with E-state index in [0.717, 1.165) is 29.5 Å². The fraction of sp³-hybridized carbons (Fsp3) is 0.318. The largest absolute Gasteiger partial charge is 0.353 e. The Bertz CT molecular complexity index is 929. The maximum atomic E-state index is 12.9. The molecule has 3 aromatic rings. The third-order valence-corrected chi connectivity index (χ3v) is 5.98. The van der Waals surface area contributed by atoms with Crippen molar-refractivity contribution in [3.8, 4) is 10.6 Å². The van der Waals surface area contributed by atoms with E-state index in [2.05, 4.69) is 53.0 Å². The average molecular weight is 393 g/mol. The molecule has 1 aromatic carbocycles. The van der Waals surface area contributed by atoms with Gasteiger partial charge in [0, 0.05) is 43.3 Å². The Morgan fingerprint density at radius 1 is 1.04 bits per heavy atom. The molecular formula is C22H24N4OS. The molecule has 1 aliphatic rings. The number of rotatable bonds is 4. The van der Waals surface area contributed by atoms with Gasteiger partial charge >= 0.3 is 0 Å². The van der Waals surface area contributed by atoms with Gasteiger partial charge in [0.15, 0.2) is 0 Å². The fourth-order valence-electron chi connectivity index (χ4n) is 3.36. The summed E-state index contributed by atoms with van der Waals surface area (Å²) >= 11 is 1.53. The summed E-state index contributed by atoms with van der Waals surface area (Å²) < 4.78 is 0. The summed E-state index contributed by atoms with van der Waals surface area (Å²) in [4.78, 5) is 26.0. The third kappa shape index (κ3) is 3.92. The van der Waals surface area contributed by atoms with E-state index in [4.69, 9.17) is 0 Å². The van der Waals surface area contributed by atoms with Crippen molar-refractivity contribution in [2.75, 3.05) is 31.1 Å². The van der Waals surface area contributed by atoms with E-state index in [1.165, 1.54) is 16.9 Å². The van der Waals surface area contributed by atoms with Gasteiger partial charge in [-0.25, -0.2) is 9.97 Å². The monoisotopic (exact) mass is 392 g/mol. The predicted molar refractivity (Wildman–Crippen MR) is 114 cm³/mol. The molecule has 6 heteroatoms. The number of aromatic nitrogens is 2. The number of thiazole rings is 1. The molecule has 0 bridgehead atoms. The van der Waals surface area contributed by atoms with Gasteiger partial charge in [0.1, 0.15) is 16.5 Å². The van der Waals surface area contributed by atoms with Crippen molar-refractivity contribution >= 4 is 23.1 Å². The van der Waals surface area contributed by atoms with Crippen LogP contribution in [0.15, 0.2) is 54.0 Å². The van der Waals surface area contributed by atoms with Crippen LogP contribution in [0.2, 0.25) is 0 Å². The van der Waals surface area contributed by atoms with Crippen LogP contribution in [-0.4, -0.2) is 47.0 Å². The molecule has 28 heavy (non-hydrogen) atoms. The number of benzene rings is 1. The molecule has 0 unspecified atom stereocenters. The zero-order valence-corrected chi connectivity index (χ0v) is 17.0. The minimum Gasteiger partial charge on any atom is -0.353 e. The summed E-state index contributed by atoms with van der Waals surface area (Å²) in [5, 5.41) is 2.77. The Morgan fingerprint density at radius 2 is 1.79 bits per heavy atom. The lowest BCUT2D eigenvalue weighted by Crippen LogP contribution is -2.49. The molecule has 0 radical (unpaired) electrons. The fourth-order valence-corrected chi connectivity index (χ4v) is 4.16. The van der Waals surface area contributed by atoms with Crippen molar-refractivity contribution in [3.63, 3.8) is 0 Å². The van der Waals surface area contributed by atoms with Crippen molar-refractivity contribution in [1.82, 2.24) is 14.9 Å². The first-order valence-corrected chi connectivity index (χ1v) is 10.5. The number of anilines is 1. The summed E-state index contributed by atoms with van der Waals surface area (Å²) in [6, 6.07) is 14.4. The Labute approximate surface area is 169 Å². The van der Waals surface area contributed by atoms with Crippen LogP contribution in [0.1, 0.15) is 35.8 Å². The zero-order valence-electron chi connectivity index (χ0n) is 16.2. The van der Waals surface area contributed by atoms with E-state index in [1.54, 1.807) is 6.20 Å². The number of hydrogen-bond donors (Lipinski definition) is 0. The smallest absolute Gasteiger partial charge is 0.273 e. The second-order valence-corrected chi connectivity index (χ2v) is 8.14. The van der Waals surface area contributed by atoms with Crippen molar-refractivity contribution in [1.29, 1.82) is 0 Å². The summed E-state index contributed by atoms with van der Waals surface area (Å²) in [5.74, 6) is 1.49. The predicted octanol–water partition coefficient (Wildman–Crippen LogP) is 4.29. The van der Waals surface area contributed by atoms with Gasteiger partial charge in [-0.1, -0.05) is 44.2 Å². The number of pyridine rings is 1. The van der Waals surface area contributed by atoms with Crippen LogP contribution in [0, 0.1) is 0 Å². The molecule has 3 heterocycles. The molecule has 1 fully saturated rings. The van der Waals surface area contributed by atoms with Crippen LogP contribution in [-0.2, 0) is 0 Å². The molecule has 2 aromatic heterocycles. The molecule has 0 aliphatic carbocycles. The molecule has 1 aliphatic heterocycles. The van der Waals surface area contributed by atoms with Gasteiger partial charge in [0.2, 0.25) is 0 Å². The quantitative estimate of drug-likeness (QED) is 0.665. The topological polar surface area (TPSA) is 49.3 Å². The normalized spacial score (nSPS) is 14.5. The highest BCUT2D eigenvalue weighted by Crippen LogP contribution is 2.26. The standard InChI is InChI=1S/C22H24N4OS/c1-16(2)17-6-8-18(9-7-17)21-24-19(15-28-21)22(27)26-13-11-25(12-14-26)20-5-3-4-10-23-20/h3-10,15-16H,11-14H2,1-2H3. The van der Waals surface area contributed by atoms with Crippen LogP contribution in [0.25, 0.3) is 10.6 Å². The summed E-state index contributed by atoms with van der Waals surface area (Å²) in [5.41, 5.74) is 2.91. The minimum absolute atomic E-state index is 0.0157. The maximum Gasteiger partial charge on any atom is 0.273 e. The Balaban J connectivity index is 1.41. The molecular weight excluding hydrogens is 368 g/mol. The minimum atomic E-state index is 0.0157. The molecule has 0 atom stereocenters. The van der Waals surface area contributed by atoms with Gasteiger partial charge in [-0.2, -0.15) is 0 Å². The maximum absolute atomic E-state index is 12.9. The lowest BCUT2D eigenvalue weighted by molar-refractivity contribution is 0.0741. The number of carbonyl (C=O) groups is 1.